The van der Waals surface area contributed by atoms with Gasteiger partial charge in [-0.3, -0.25) is 5.84 Å². The number of hydrogen-bond acceptors (Lipinski definition) is 3. The summed E-state index contributed by atoms with van der Waals surface area (Å²) in [5, 5.41) is 0. The molecule has 3 N–H and O–H groups in total. The Morgan fingerprint density at radius 1 is 1.47 bits per heavy atom. The summed E-state index contributed by atoms with van der Waals surface area (Å²) in [4.78, 5) is 0. The average molecular weight is 301 g/mol. The lowest BCUT2D eigenvalue weighted by molar-refractivity contribution is 0.167. The second-order valence-electron chi connectivity index (χ2n) is 3.86. The zero-order chi connectivity index (χ0) is 12.3. The highest BCUT2D eigenvalue weighted by Gasteiger charge is 2.21. The molecule has 0 radical (unpaired) electrons. The van der Waals surface area contributed by atoms with Crippen molar-refractivity contribution in [1.82, 2.24) is 5.43 Å². The lowest BCUT2D eigenvalue weighted by atomic mass is 10.0. The topological polar surface area (TPSA) is 47.3 Å². The highest BCUT2D eigenvalue weighted by Crippen LogP contribution is 2.28. The van der Waals surface area contributed by atoms with Gasteiger partial charge in [0.2, 0.25) is 0 Å². The van der Waals surface area contributed by atoms with Gasteiger partial charge in [-0.15, -0.1) is 0 Å². The molecular formula is C12H14BrFN2O. The number of hydrogen-bond donors (Lipinski definition) is 2. The third-order valence-corrected chi connectivity index (χ3v) is 3.18. The van der Waals surface area contributed by atoms with Gasteiger partial charge in [0, 0.05) is 10.0 Å². The van der Waals surface area contributed by atoms with Gasteiger partial charge in [-0.1, -0.05) is 22.0 Å². The second-order valence-corrected chi connectivity index (χ2v) is 4.78. The van der Waals surface area contributed by atoms with E-state index < -0.39 is 6.04 Å². The number of halogens is 2. The summed E-state index contributed by atoms with van der Waals surface area (Å²) in [6.45, 7) is 0.655. The zero-order valence-electron chi connectivity index (χ0n) is 9.25. The van der Waals surface area contributed by atoms with Gasteiger partial charge in [0.25, 0.3) is 0 Å². The highest BCUT2D eigenvalue weighted by atomic mass is 79.9. The van der Waals surface area contributed by atoms with Gasteiger partial charge in [0.1, 0.15) is 17.6 Å². The smallest absolute Gasteiger partial charge is 0.129 e. The zero-order valence-corrected chi connectivity index (χ0v) is 10.8. The monoisotopic (exact) mass is 300 g/mol. The van der Waals surface area contributed by atoms with Crippen molar-refractivity contribution in [3.05, 3.63) is 45.9 Å². The van der Waals surface area contributed by atoms with Crippen molar-refractivity contribution in [2.24, 2.45) is 5.84 Å². The summed E-state index contributed by atoms with van der Waals surface area (Å²) >= 11 is 3.23. The lowest BCUT2D eigenvalue weighted by Crippen LogP contribution is -2.31. The van der Waals surface area contributed by atoms with E-state index in [-0.39, 0.29) is 5.82 Å². The molecule has 5 heteroatoms. The molecule has 0 aromatic heterocycles. The van der Waals surface area contributed by atoms with E-state index in [2.05, 4.69) is 21.4 Å². The predicted molar refractivity (Wildman–Crippen MR) is 67.4 cm³/mol. The van der Waals surface area contributed by atoms with Crippen molar-refractivity contribution in [3.8, 4) is 0 Å². The SMILES string of the molecule is NNC(C1=CCCCO1)c1ccc(Br)cc1F. The minimum atomic E-state index is -0.427. The molecule has 1 aromatic carbocycles. The maximum atomic E-state index is 13.8. The molecule has 1 atom stereocenters. The number of nitrogens with two attached hydrogens (primary N) is 1. The van der Waals surface area contributed by atoms with Crippen LogP contribution in [-0.2, 0) is 4.74 Å². The Morgan fingerprint density at radius 2 is 2.29 bits per heavy atom. The molecule has 0 bridgehead atoms. The fourth-order valence-corrected chi connectivity index (χ4v) is 2.17. The average Bonchev–Trinajstić information content (AvgIpc) is 2.34. The largest absolute Gasteiger partial charge is 0.496 e. The molecule has 1 aliphatic rings. The van der Waals surface area contributed by atoms with Crippen molar-refractivity contribution in [1.29, 1.82) is 0 Å². The second kappa shape index (κ2) is 5.62. The first-order valence-electron chi connectivity index (χ1n) is 5.46. The van der Waals surface area contributed by atoms with Crippen LogP contribution < -0.4 is 11.3 Å². The number of nitrogens with one attached hydrogen (secondary N) is 1. The van der Waals surface area contributed by atoms with Crippen LogP contribution in [0.15, 0.2) is 34.5 Å². The van der Waals surface area contributed by atoms with Crippen LogP contribution in [0.5, 0.6) is 0 Å². The summed E-state index contributed by atoms with van der Waals surface area (Å²) in [5.74, 6) is 5.88. The quantitative estimate of drug-likeness (QED) is 0.666. The number of rotatable bonds is 3. The first kappa shape index (κ1) is 12.5. The molecule has 0 fully saturated rings. The first-order chi connectivity index (χ1) is 8.22. The Bertz CT molecular complexity index is 437. The summed E-state index contributed by atoms with van der Waals surface area (Å²) in [5.41, 5.74) is 3.09. The number of allylic oxidation sites excluding steroid dienone is 1. The highest BCUT2D eigenvalue weighted by molar-refractivity contribution is 9.10. The standard InChI is InChI=1S/C12H14BrFN2O/c13-8-4-5-9(10(14)7-8)12(16-15)11-3-1-2-6-17-11/h3-5,7,12,16H,1-2,6,15H2. The third-order valence-electron chi connectivity index (χ3n) is 2.69. The van der Waals surface area contributed by atoms with Crippen LogP contribution in [0.1, 0.15) is 24.4 Å². The molecule has 2 rings (SSSR count). The van der Waals surface area contributed by atoms with Gasteiger partial charge in [-0.05, 0) is 31.1 Å². The van der Waals surface area contributed by atoms with Crippen molar-refractivity contribution < 1.29 is 9.13 Å². The normalized spacial score (nSPS) is 17.2. The fraction of sp³-hybridized carbons (Fsp3) is 0.333. The Morgan fingerprint density at radius 3 is 2.88 bits per heavy atom. The van der Waals surface area contributed by atoms with E-state index in [1.807, 2.05) is 6.08 Å². The molecule has 1 aromatic rings. The molecule has 1 heterocycles. The minimum Gasteiger partial charge on any atom is -0.496 e. The molecule has 3 nitrogen and oxygen atoms in total. The van der Waals surface area contributed by atoms with Crippen LogP contribution in [0.3, 0.4) is 0 Å². The van der Waals surface area contributed by atoms with E-state index in [9.17, 15) is 4.39 Å². The first-order valence-corrected chi connectivity index (χ1v) is 6.25. The fourth-order valence-electron chi connectivity index (χ4n) is 1.84. The molecule has 0 saturated carbocycles. The summed E-state index contributed by atoms with van der Waals surface area (Å²) in [7, 11) is 0. The van der Waals surface area contributed by atoms with Gasteiger partial charge >= 0.3 is 0 Å². The van der Waals surface area contributed by atoms with Gasteiger partial charge in [0.15, 0.2) is 0 Å². The number of benzene rings is 1. The van der Waals surface area contributed by atoms with Crippen molar-refractivity contribution in [2.45, 2.75) is 18.9 Å². The maximum absolute atomic E-state index is 13.8. The molecule has 0 aliphatic carbocycles. The predicted octanol–water partition coefficient (Wildman–Crippen LogP) is 2.79. The van der Waals surface area contributed by atoms with Gasteiger partial charge in [-0.25, -0.2) is 9.82 Å². The minimum absolute atomic E-state index is 0.308. The Hall–Kier alpha value is -0.910. The van der Waals surface area contributed by atoms with E-state index in [0.29, 0.717) is 22.4 Å². The van der Waals surface area contributed by atoms with E-state index in [0.717, 1.165) is 12.8 Å². The lowest BCUT2D eigenvalue weighted by Gasteiger charge is -2.23. The van der Waals surface area contributed by atoms with Crippen molar-refractivity contribution >= 4 is 15.9 Å². The van der Waals surface area contributed by atoms with Crippen LogP contribution in [0, 0.1) is 5.82 Å². The van der Waals surface area contributed by atoms with Gasteiger partial charge < -0.3 is 4.74 Å². The van der Waals surface area contributed by atoms with Crippen LogP contribution in [0.2, 0.25) is 0 Å². The molecule has 0 saturated heterocycles. The maximum Gasteiger partial charge on any atom is 0.129 e. The molecule has 1 aliphatic heterocycles. The van der Waals surface area contributed by atoms with E-state index in [1.54, 1.807) is 12.1 Å². The van der Waals surface area contributed by atoms with Crippen LogP contribution >= 0.6 is 15.9 Å². The molecule has 0 spiro atoms. The molecule has 17 heavy (non-hydrogen) atoms. The number of ether oxygens (including phenoxy) is 1. The summed E-state index contributed by atoms with van der Waals surface area (Å²) < 4.78 is 20.0. The van der Waals surface area contributed by atoms with Gasteiger partial charge in [0.05, 0.1) is 6.61 Å². The van der Waals surface area contributed by atoms with Crippen LogP contribution in [0.4, 0.5) is 4.39 Å². The van der Waals surface area contributed by atoms with E-state index in [1.165, 1.54) is 6.07 Å². The summed E-state index contributed by atoms with van der Waals surface area (Å²) in [6.07, 6.45) is 3.88. The Labute approximate surface area is 108 Å². The summed E-state index contributed by atoms with van der Waals surface area (Å²) in [6, 6.07) is 4.47. The molecule has 1 unspecified atom stereocenters. The third kappa shape index (κ3) is 2.86. The molecular weight excluding hydrogens is 287 g/mol. The number of hydrazine groups is 1. The Balaban J connectivity index is 2.31. The van der Waals surface area contributed by atoms with Crippen molar-refractivity contribution in [2.75, 3.05) is 6.61 Å². The molecule has 0 amide bonds. The van der Waals surface area contributed by atoms with Crippen molar-refractivity contribution in [3.63, 3.8) is 0 Å². The van der Waals surface area contributed by atoms with Gasteiger partial charge in [-0.2, -0.15) is 0 Å². The van der Waals surface area contributed by atoms with E-state index in [4.69, 9.17) is 10.6 Å². The van der Waals surface area contributed by atoms with Crippen LogP contribution in [-0.4, -0.2) is 6.61 Å². The Kier molecular flexibility index (Phi) is 4.15. The van der Waals surface area contributed by atoms with E-state index >= 15 is 0 Å². The van der Waals surface area contributed by atoms with Crippen LogP contribution in [0.25, 0.3) is 0 Å². The molecule has 92 valence electrons.